The number of rotatable bonds is 6. The second kappa shape index (κ2) is 8.56. The number of carbonyl (C=O) groups excluding carboxylic acids is 2. The molecule has 3 amide bonds. The van der Waals surface area contributed by atoms with Gasteiger partial charge in [0.2, 0.25) is 5.91 Å². The first-order valence-electron chi connectivity index (χ1n) is 7.17. The highest BCUT2D eigenvalue weighted by Crippen LogP contribution is 2.30. The van der Waals surface area contributed by atoms with Gasteiger partial charge in [-0.15, -0.1) is 11.3 Å². The van der Waals surface area contributed by atoms with Crippen LogP contribution in [0.4, 0.5) is 10.5 Å². The quantitative estimate of drug-likeness (QED) is 0.732. The van der Waals surface area contributed by atoms with Crippen molar-refractivity contribution >= 4 is 40.6 Å². The van der Waals surface area contributed by atoms with Gasteiger partial charge in [0.15, 0.2) is 0 Å². The van der Waals surface area contributed by atoms with Gasteiger partial charge < -0.3 is 15.4 Å². The van der Waals surface area contributed by atoms with Gasteiger partial charge in [-0.1, -0.05) is 17.7 Å². The number of hydrogen-bond acceptors (Lipinski definition) is 5. The van der Waals surface area contributed by atoms with E-state index in [0.717, 1.165) is 10.4 Å². The SMILES string of the molecule is COc1cc(Cl)c(C)cc1NCC(=O)NC(=O)NCc1cccs1. The Bertz CT molecular complexity index is 720. The third kappa shape index (κ3) is 5.14. The Morgan fingerprint density at radius 3 is 2.79 bits per heavy atom. The van der Waals surface area contributed by atoms with Crippen molar-refractivity contribution < 1.29 is 14.3 Å². The number of carbonyl (C=O) groups is 2. The molecule has 3 N–H and O–H groups in total. The van der Waals surface area contributed by atoms with E-state index < -0.39 is 11.9 Å². The number of amides is 3. The minimum Gasteiger partial charge on any atom is -0.495 e. The van der Waals surface area contributed by atoms with Gasteiger partial charge in [0.1, 0.15) is 5.75 Å². The van der Waals surface area contributed by atoms with Gasteiger partial charge in [-0.3, -0.25) is 10.1 Å². The monoisotopic (exact) mass is 367 g/mol. The number of aryl methyl sites for hydroxylation is 1. The summed E-state index contributed by atoms with van der Waals surface area (Å²) >= 11 is 7.57. The Morgan fingerprint density at radius 2 is 2.12 bits per heavy atom. The average molecular weight is 368 g/mol. The van der Waals surface area contributed by atoms with Crippen molar-refractivity contribution in [1.29, 1.82) is 0 Å². The maximum Gasteiger partial charge on any atom is 0.321 e. The van der Waals surface area contributed by atoms with Crippen LogP contribution in [0.15, 0.2) is 29.6 Å². The molecule has 0 bridgehead atoms. The van der Waals surface area contributed by atoms with E-state index in [1.54, 1.807) is 12.1 Å². The Kier molecular flexibility index (Phi) is 6.45. The van der Waals surface area contributed by atoms with Crippen LogP contribution in [0.1, 0.15) is 10.4 Å². The van der Waals surface area contributed by atoms with Crippen molar-refractivity contribution in [2.45, 2.75) is 13.5 Å². The number of thiophene rings is 1. The molecule has 0 spiro atoms. The molecule has 1 heterocycles. The first-order chi connectivity index (χ1) is 11.5. The molecule has 0 saturated carbocycles. The van der Waals surface area contributed by atoms with E-state index in [4.69, 9.17) is 16.3 Å². The summed E-state index contributed by atoms with van der Waals surface area (Å²) in [7, 11) is 1.52. The predicted molar refractivity (Wildman–Crippen MR) is 95.9 cm³/mol. The third-order valence-electron chi connectivity index (χ3n) is 3.18. The maximum absolute atomic E-state index is 11.8. The molecular formula is C16H18ClN3O3S. The molecule has 6 nitrogen and oxygen atoms in total. The van der Waals surface area contributed by atoms with Crippen LogP contribution >= 0.6 is 22.9 Å². The summed E-state index contributed by atoms with van der Waals surface area (Å²) in [5.41, 5.74) is 1.49. The molecule has 0 fully saturated rings. The number of urea groups is 1. The number of halogens is 1. The number of methoxy groups -OCH3 is 1. The van der Waals surface area contributed by atoms with Gasteiger partial charge in [0.25, 0.3) is 0 Å². The minimum absolute atomic E-state index is 0.0656. The van der Waals surface area contributed by atoms with E-state index in [9.17, 15) is 9.59 Å². The van der Waals surface area contributed by atoms with Crippen LogP contribution in [0.2, 0.25) is 5.02 Å². The van der Waals surface area contributed by atoms with E-state index in [2.05, 4.69) is 16.0 Å². The summed E-state index contributed by atoms with van der Waals surface area (Å²) in [5.74, 6) is 0.0777. The van der Waals surface area contributed by atoms with Gasteiger partial charge in [0, 0.05) is 16.0 Å². The zero-order valence-corrected chi connectivity index (χ0v) is 14.9. The molecular weight excluding hydrogens is 350 g/mol. The first-order valence-corrected chi connectivity index (χ1v) is 8.43. The summed E-state index contributed by atoms with van der Waals surface area (Å²) in [6.45, 7) is 2.17. The van der Waals surface area contributed by atoms with E-state index in [-0.39, 0.29) is 6.54 Å². The molecule has 2 rings (SSSR count). The summed E-state index contributed by atoms with van der Waals surface area (Å²) in [6.07, 6.45) is 0. The van der Waals surface area contributed by atoms with Crippen LogP contribution in [0.25, 0.3) is 0 Å². The predicted octanol–water partition coefficient (Wildman–Crippen LogP) is 3.16. The van der Waals surface area contributed by atoms with Gasteiger partial charge in [0.05, 0.1) is 25.9 Å². The van der Waals surface area contributed by atoms with Crippen molar-refractivity contribution in [2.24, 2.45) is 0 Å². The summed E-state index contributed by atoms with van der Waals surface area (Å²) < 4.78 is 5.22. The lowest BCUT2D eigenvalue weighted by atomic mass is 10.2. The lowest BCUT2D eigenvalue weighted by Crippen LogP contribution is -2.41. The van der Waals surface area contributed by atoms with Crippen molar-refractivity contribution in [1.82, 2.24) is 10.6 Å². The van der Waals surface area contributed by atoms with Crippen LogP contribution in [0, 0.1) is 6.92 Å². The molecule has 24 heavy (non-hydrogen) atoms. The Morgan fingerprint density at radius 1 is 1.33 bits per heavy atom. The molecule has 0 aliphatic rings. The molecule has 0 atom stereocenters. The fraction of sp³-hybridized carbons (Fsp3) is 0.250. The van der Waals surface area contributed by atoms with Gasteiger partial charge >= 0.3 is 6.03 Å². The van der Waals surface area contributed by atoms with E-state index in [1.165, 1.54) is 18.4 Å². The summed E-state index contributed by atoms with van der Waals surface area (Å²) in [4.78, 5) is 24.5. The van der Waals surface area contributed by atoms with Gasteiger partial charge in [-0.2, -0.15) is 0 Å². The fourth-order valence-corrected chi connectivity index (χ4v) is 2.74. The van der Waals surface area contributed by atoms with Crippen molar-refractivity contribution in [2.75, 3.05) is 19.0 Å². The Labute approximate surface area is 149 Å². The van der Waals surface area contributed by atoms with Gasteiger partial charge in [-0.25, -0.2) is 4.79 Å². The van der Waals surface area contributed by atoms with E-state index in [1.807, 2.05) is 24.4 Å². The summed E-state index contributed by atoms with van der Waals surface area (Å²) in [5, 5.41) is 10.3. The van der Waals surface area contributed by atoms with Crippen molar-refractivity contribution in [3.8, 4) is 5.75 Å². The number of nitrogens with one attached hydrogen (secondary N) is 3. The summed E-state index contributed by atoms with van der Waals surface area (Å²) in [6, 6.07) is 6.73. The second-order valence-electron chi connectivity index (χ2n) is 4.97. The molecule has 0 aliphatic heterocycles. The normalized spacial score (nSPS) is 10.1. The molecule has 0 radical (unpaired) electrons. The highest BCUT2D eigenvalue weighted by molar-refractivity contribution is 7.09. The highest BCUT2D eigenvalue weighted by Gasteiger charge is 2.11. The molecule has 0 aliphatic carbocycles. The van der Waals surface area contributed by atoms with Gasteiger partial charge in [-0.05, 0) is 30.0 Å². The van der Waals surface area contributed by atoms with E-state index in [0.29, 0.717) is 23.0 Å². The largest absolute Gasteiger partial charge is 0.495 e. The minimum atomic E-state index is -0.533. The average Bonchev–Trinajstić information content (AvgIpc) is 3.07. The maximum atomic E-state index is 11.8. The van der Waals surface area contributed by atoms with E-state index >= 15 is 0 Å². The fourth-order valence-electron chi connectivity index (χ4n) is 1.94. The number of imide groups is 1. The first kappa shape index (κ1) is 18.1. The van der Waals surface area contributed by atoms with Crippen molar-refractivity contribution in [3.05, 3.63) is 45.1 Å². The molecule has 2 aromatic rings. The number of hydrogen-bond donors (Lipinski definition) is 3. The van der Waals surface area contributed by atoms with Crippen LogP contribution in [-0.2, 0) is 11.3 Å². The number of ether oxygens (including phenoxy) is 1. The molecule has 0 unspecified atom stereocenters. The second-order valence-corrected chi connectivity index (χ2v) is 6.40. The smallest absolute Gasteiger partial charge is 0.321 e. The molecule has 1 aromatic carbocycles. The molecule has 8 heteroatoms. The van der Waals surface area contributed by atoms with Crippen LogP contribution in [0.5, 0.6) is 5.75 Å². The zero-order chi connectivity index (χ0) is 17.5. The molecule has 1 aromatic heterocycles. The highest BCUT2D eigenvalue weighted by atomic mass is 35.5. The van der Waals surface area contributed by atoms with Crippen LogP contribution in [-0.4, -0.2) is 25.6 Å². The Balaban J connectivity index is 1.82. The third-order valence-corrected chi connectivity index (χ3v) is 4.46. The molecule has 128 valence electrons. The topological polar surface area (TPSA) is 79.5 Å². The number of benzene rings is 1. The van der Waals surface area contributed by atoms with Crippen molar-refractivity contribution in [3.63, 3.8) is 0 Å². The van der Waals surface area contributed by atoms with Crippen LogP contribution < -0.4 is 20.7 Å². The van der Waals surface area contributed by atoms with Crippen LogP contribution in [0.3, 0.4) is 0 Å². The molecule has 0 saturated heterocycles. The lowest BCUT2D eigenvalue weighted by molar-refractivity contribution is -0.118. The number of anilines is 1. The standard InChI is InChI=1S/C16H18ClN3O3S/c1-10-6-13(14(23-2)7-12(10)17)18-9-15(21)20-16(22)19-8-11-4-3-5-24-11/h3-7,18H,8-9H2,1-2H3,(H2,19,20,21,22). The lowest BCUT2D eigenvalue weighted by Gasteiger charge is -2.13. The zero-order valence-electron chi connectivity index (χ0n) is 13.3. The Hall–Kier alpha value is -2.25.